The Balaban J connectivity index is 2.98. The molecule has 0 aromatic carbocycles. The molecule has 1 N–H and O–H groups in total. The van der Waals surface area contributed by atoms with E-state index in [1.807, 2.05) is 12.2 Å². The molecule has 15 heavy (non-hydrogen) atoms. The number of aromatic amines is 1. The smallest absolute Gasteiger partial charge is 0.0414 e. The zero-order valence-corrected chi connectivity index (χ0v) is 10.0. The van der Waals surface area contributed by atoms with Gasteiger partial charge >= 0.3 is 0 Å². The summed E-state index contributed by atoms with van der Waals surface area (Å²) in [6.45, 7) is 12.1. The number of aromatic nitrogens is 1. The third-order valence-corrected chi connectivity index (χ3v) is 2.52. The van der Waals surface area contributed by atoms with Crippen molar-refractivity contribution in [2.45, 2.75) is 27.7 Å². The van der Waals surface area contributed by atoms with E-state index in [4.69, 9.17) is 0 Å². The molecule has 1 heterocycles. The SMILES string of the molecule is C=C/C=C(C)/C=C(\C)c1cc(C)c(C)[nH]1. The predicted octanol–water partition coefficient (Wildman–Crippen LogP) is 4.17. The van der Waals surface area contributed by atoms with Crippen molar-refractivity contribution in [1.29, 1.82) is 0 Å². The van der Waals surface area contributed by atoms with Crippen LogP contribution in [0.3, 0.4) is 0 Å². The van der Waals surface area contributed by atoms with Gasteiger partial charge in [-0.2, -0.15) is 0 Å². The van der Waals surface area contributed by atoms with Crippen LogP contribution in [0, 0.1) is 13.8 Å². The maximum absolute atomic E-state index is 3.69. The van der Waals surface area contributed by atoms with Crippen molar-refractivity contribution in [3.63, 3.8) is 0 Å². The maximum Gasteiger partial charge on any atom is 0.0414 e. The normalized spacial score (nSPS) is 13.1. The van der Waals surface area contributed by atoms with E-state index in [-0.39, 0.29) is 0 Å². The van der Waals surface area contributed by atoms with Crippen molar-refractivity contribution in [2.24, 2.45) is 0 Å². The number of H-pyrrole nitrogens is 1. The summed E-state index contributed by atoms with van der Waals surface area (Å²) in [7, 11) is 0. The van der Waals surface area contributed by atoms with Gasteiger partial charge in [-0.25, -0.2) is 0 Å². The molecule has 0 saturated carbocycles. The predicted molar refractivity (Wildman–Crippen MR) is 67.9 cm³/mol. The Hall–Kier alpha value is -1.50. The number of aryl methyl sites for hydroxylation is 2. The Kier molecular flexibility index (Phi) is 3.73. The molecule has 1 heteroatoms. The van der Waals surface area contributed by atoms with Gasteiger partial charge < -0.3 is 4.98 Å². The molecule has 0 amide bonds. The molecule has 0 aliphatic heterocycles. The summed E-state index contributed by atoms with van der Waals surface area (Å²) in [6, 6.07) is 2.18. The Morgan fingerprint density at radius 1 is 1.33 bits per heavy atom. The van der Waals surface area contributed by atoms with E-state index >= 15 is 0 Å². The Labute approximate surface area is 92.2 Å². The molecular formula is C14H19N. The van der Waals surface area contributed by atoms with Gasteiger partial charge in [0.25, 0.3) is 0 Å². The summed E-state index contributed by atoms with van der Waals surface area (Å²) in [5.41, 5.74) is 6.21. The van der Waals surface area contributed by atoms with Gasteiger partial charge in [0.1, 0.15) is 0 Å². The van der Waals surface area contributed by atoms with Crippen molar-refractivity contribution in [1.82, 2.24) is 4.98 Å². The van der Waals surface area contributed by atoms with Gasteiger partial charge in [0, 0.05) is 11.4 Å². The van der Waals surface area contributed by atoms with Gasteiger partial charge in [-0.1, -0.05) is 30.4 Å². The van der Waals surface area contributed by atoms with E-state index in [1.54, 1.807) is 0 Å². The first-order valence-corrected chi connectivity index (χ1v) is 5.18. The second-order valence-electron chi connectivity index (χ2n) is 3.96. The van der Waals surface area contributed by atoms with E-state index < -0.39 is 0 Å². The van der Waals surface area contributed by atoms with E-state index in [9.17, 15) is 0 Å². The van der Waals surface area contributed by atoms with E-state index in [0.717, 1.165) is 0 Å². The van der Waals surface area contributed by atoms with Gasteiger partial charge in [0.2, 0.25) is 0 Å². The Morgan fingerprint density at radius 3 is 2.47 bits per heavy atom. The van der Waals surface area contributed by atoms with Crippen molar-refractivity contribution in [3.8, 4) is 0 Å². The van der Waals surface area contributed by atoms with Gasteiger partial charge in [-0.3, -0.25) is 0 Å². The van der Waals surface area contributed by atoms with E-state index in [0.29, 0.717) is 0 Å². The molecule has 0 aliphatic carbocycles. The summed E-state index contributed by atoms with van der Waals surface area (Å²) >= 11 is 0. The van der Waals surface area contributed by atoms with Gasteiger partial charge in [0.05, 0.1) is 0 Å². The van der Waals surface area contributed by atoms with Crippen LogP contribution in [0.25, 0.3) is 5.57 Å². The fraction of sp³-hybridized carbons (Fsp3) is 0.286. The lowest BCUT2D eigenvalue weighted by atomic mass is 10.1. The monoisotopic (exact) mass is 201 g/mol. The lowest BCUT2D eigenvalue weighted by Gasteiger charge is -1.98. The van der Waals surface area contributed by atoms with Crippen molar-refractivity contribution in [3.05, 3.63) is 53.4 Å². The van der Waals surface area contributed by atoms with Crippen LogP contribution in [-0.4, -0.2) is 4.98 Å². The third-order valence-electron chi connectivity index (χ3n) is 2.52. The van der Waals surface area contributed by atoms with E-state index in [2.05, 4.69) is 51.4 Å². The fourth-order valence-electron chi connectivity index (χ4n) is 1.53. The van der Waals surface area contributed by atoms with Crippen LogP contribution in [0.15, 0.2) is 36.4 Å². The summed E-state index contributed by atoms with van der Waals surface area (Å²) in [4.78, 5) is 3.37. The molecular weight excluding hydrogens is 182 g/mol. The molecule has 0 radical (unpaired) electrons. The topological polar surface area (TPSA) is 15.8 Å². The molecule has 0 spiro atoms. The Bertz CT molecular complexity index is 397. The molecule has 0 fully saturated rings. The van der Waals surface area contributed by atoms with E-state index in [1.165, 1.54) is 28.1 Å². The first-order chi connectivity index (χ1) is 7.04. The number of hydrogen-bond acceptors (Lipinski definition) is 0. The summed E-state index contributed by atoms with van der Waals surface area (Å²) in [5, 5.41) is 0. The summed E-state index contributed by atoms with van der Waals surface area (Å²) in [5.74, 6) is 0. The fourth-order valence-corrected chi connectivity index (χ4v) is 1.53. The molecule has 0 atom stereocenters. The average molecular weight is 201 g/mol. The molecule has 1 aromatic rings. The lowest BCUT2D eigenvalue weighted by molar-refractivity contribution is 1.21. The molecule has 1 rings (SSSR count). The molecule has 80 valence electrons. The quantitative estimate of drug-likeness (QED) is 0.706. The highest BCUT2D eigenvalue weighted by molar-refractivity contribution is 5.64. The van der Waals surface area contributed by atoms with Crippen LogP contribution in [0.2, 0.25) is 0 Å². The maximum atomic E-state index is 3.69. The zero-order chi connectivity index (χ0) is 11.4. The summed E-state index contributed by atoms with van der Waals surface area (Å²) in [6.07, 6.45) is 5.98. The first-order valence-electron chi connectivity index (χ1n) is 5.18. The number of allylic oxidation sites excluding steroid dienone is 5. The van der Waals surface area contributed by atoms with Crippen LogP contribution in [0.4, 0.5) is 0 Å². The number of rotatable bonds is 3. The van der Waals surface area contributed by atoms with Crippen LogP contribution in [-0.2, 0) is 0 Å². The second-order valence-corrected chi connectivity index (χ2v) is 3.96. The minimum atomic E-state index is 1.20. The lowest BCUT2D eigenvalue weighted by Crippen LogP contribution is -1.80. The van der Waals surface area contributed by atoms with Crippen LogP contribution in [0.1, 0.15) is 30.8 Å². The third kappa shape index (κ3) is 2.98. The standard InChI is InChI=1S/C14H19N/c1-6-7-10(2)8-12(4)14-9-11(3)13(5)15-14/h6-9,15H,1H2,2-5H3/b10-7+,12-8+. The highest BCUT2D eigenvalue weighted by Gasteiger charge is 2.01. The van der Waals surface area contributed by atoms with Crippen LogP contribution in [0.5, 0.6) is 0 Å². The number of hydrogen-bond donors (Lipinski definition) is 1. The zero-order valence-electron chi connectivity index (χ0n) is 10.0. The molecule has 1 nitrogen and oxygen atoms in total. The molecule has 0 saturated heterocycles. The largest absolute Gasteiger partial charge is 0.359 e. The van der Waals surface area contributed by atoms with Crippen LogP contribution < -0.4 is 0 Å². The molecule has 0 aliphatic rings. The van der Waals surface area contributed by atoms with Crippen molar-refractivity contribution >= 4 is 5.57 Å². The van der Waals surface area contributed by atoms with Crippen LogP contribution >= 0.6 is 0 Å². The minimum Gasteiger partial charge on any atom is -0.359 e. The van der Waals surface area contributed by atoms with Gasteiger partial charge in [-0.15, -0.1) is 0 Å². The highest BCUT2D eigenvalue weighted by Crippen LogP contribution is 2.18. The van der Waals surface area contributed by atoms with Gasteiger partial charge in [-0.05, 0) is 44.9 Å². The summed E-state index contributed by atoms with van der Waals surface area (Å²) < 4.78 is 0. The average Bonchev–Trinajstić information content (AvgIpc) is 2.47. The minimum absolute atomic E-state index is 1.20. The first kappa shape index (κ1) is 11.6. The molecule has 0 unspecified atom stereocenters. The second kappa shape index (κ2) is 4.83. The Morgan fingerprint density at radius 2 is 2.00 bits per heavy atom. The van der Waals surface area contributed by atoms with Crippen molar-refractivity contribution in [2.75, 3.05) is 0 Å². The molecule has 1 aromatic heterocycles. The number of nitrogens with one attached hydrogen (secondary N) is 1. The molecule has 0 bridgehead atoms. The highest BCUT2D eigenvalue weighted by atomic mass is 14.7. The van der Waals surface area contributed by atoms with Gasteiger partial charge in [0.15, 0.2) is 0 Å². The van der Waals surface area contributed by atoms with Crippen molar-refractivity contribution < 1.29 is 0 Å².